The minimum atomic E-state index is -0.436. The van der Waals surface area contributed by atoms with Gasteiger partial charge in [0.1, 0.15) is 0 Å². The number of nitro groups is 1. The maximum absolute atomic E-state index is 12.4. The minimum absolute atomic E-state index is 0.0169. The molecule has 2 aromatic rings. The largest absolute Gasteiger partial charge is 0.321 e. The molecule has 1 aliphatic carbocycles. The molecule has 0 bridgehead atoms. The molecule has 0 saturated carbocycles. The second-order valence-corrected chi connectivity index (χ2v) is 6.56. The van der Waals surface area contributed by atoms with Gasteiger partial charge in [-0.1, -0.05) is 6.07 Å². The molecule has 6 heteroatoms. The van der Waals surface area contributed by atoms with Crippen LogP contribution in [-0.2, 0) is 12.8 Å². The summed E-state index contributed by atoms with van der Waals surface area (Å²) in [5.41, 5.74) is 2.26. The van der Waals surface area contributed by atoms with E-state index in [9.17, 15) is 14.9 Å². The molecule has 0 radical (unpaired) electrons. The summed E-state index contributed by atoms with van der Waals surface area (Å²) in [4.78, 5) is 24.9. The number of fused-ring (bicyclic) bond motifs is 1. The van der Waals surface area contributed by atoms with Crippen LogP contribution in [0.2, 0.25) is 0 Å². The minimum Gasteiger partial charge on any atom is -0.321 e. The number of nitro benzene ring substituents is 1. The Morgan fingerprint density at radius 1 is 1.32 bits per heavy atom. The average Bonchev–Trinajstić information content (AvgIpc) is 2.93. The van der Waals surface area contributed by atoms with Gasteiger partial charge in [0, 0.05) is 10.9 Å². The molecule has 0 saturated heterocycles. The quantitative estimate of drug-likeness (QED) is 0.684. The molecule has 0 unspecified atom stereocenters. The molecule has 3 rings (SSSR count). The SMILES string of the molecule is Cc1c(NC(=O)c2cc3c(s2)CCCC3)cccc1[N+](=O)[O-]. The van der Waals surface area contributed by atoms with Gasteiger partial charge in [-0.2, -0.15) is 0 Å². The summed E-state index contributed by atoms with van der Waals surface area (Å²) in [5.74, 6) is -0.192. The topological polar surface area (TPSA) is 72.2 Å². The highest BCUT2D eigenvalue weighted by Crippen LogP contribution is 2.31. The van der Waals surface area contributed by atoms with Crippen molar-refractivity contribution < 1.29 is 9.72 Å². The Morgan fingerprint density at radius 3 is 2.82 bits per heavy atom. The van der Waals surface area contributed by atoms with Crippen LogP contribution in [0.4, 0.5) is 11.4 Å². The van der Waals surface area contributed by atoms with Crippen molar-refractivity contribution in [2.75, 3.05) is 5.32 Å². The maximum atomic E-state index is 12.4. The number of anilines is 1. The van der Waals surface area contributed by atoms with Crippen LogP contribution in [0.25, 0.3) is 0 Å². The molecule has 0 spiro atoms. The zero-order valence-corrected chi connectivity index (χ0v) is 13.0. The Labute approximate surface area is 132 Å². The molecular formula is C16H16N2O3S. The monoisotopic (exact) mass is 316 g/mol. The molecular weight excluding hydrogens is 300 g/mol. The number of hydrogen-bond donors (Lipinski definition) is 1. The van der Waals surface area contributed by atoms with E-state index in [0.717, 1.165) is 12.8 Å². The van der Waals surface area contributed by atoms with E-state index < -0.39 is 4.92 Å². The van der Waals surface area contributed by atoms with Crippen molar-refractivity contribution >= 4 is 28.6 Å². The van der Waals surface area contributed by atoms with Crippen LogP contribution in [-0.4, -0.2) is 10.8 Å². The average molecular weight is 316 g/mol. The van der Waals surface area contributed by atoms with Crippen LogP contribution >= 0.6 is 11.3 Å². The molecule has 0 aliphatic heterocycles. The van der Waals surface area contributed by atoms with Gasteiger partial charge in [-0.15, -0.1) is 11.3 Å². The summed E-state index contributed by atoms with van der Waals surface area (Å²) < 4.78 is 0. The van der Waals surface area contributed by atoms with E-state index in [1.165, 1.54) is 40.7 Å². The molecule has 114 valence electrons. The molecule has 1 heterocycles. The van der Waals surface area contributed by atoms with Gasteiger partial charge in [0.2, 0.25) is 0 Å². The lowest BCUT2D eigenvalue weighted by atomic mass is 9.99. The van der Waals surface area contributed by atoms with Crippen LogP contribution in [0.15, 0.2) is 24.3 Å². The summed E-state index contributed by atoms with van der Waals surface area (Å²) >= 11 is 1.53. The van der Waals surface area contributed by atoms with Crippen molar-refractivity contribution in [1.29, 1.82) is 0 Å². The van der Waals surface area contributed by atoms with Crippen molar-refractivity contribution in [3.05, 3.63) is 55.3 Å². The van der Waals surface area contributed by atoms with Crippen LogP contribution in [0.1, 0.15) is 38.5 Å². The first-order chi connectivity index (χ1) is 10.6. The van der Waals surface area contributed by atoms with Crippen molar-refractivity contribution in [3.63, 3.8) is 0 Å². The number of hydrogen-bond acceptors (Lipinski definition) is 4. The highest BCUT2D eigenvalue weighted by molar-refractivity contribution is 7.14. The number of benzene rings is 1. The normalized spacial score (nSPS) is 13.5. The summed E-state index contributed by atoms with van der Waals surface area (Å²) in [6.45, 7) is 1.65. The van der Waals surface area contributed by atoms with Crippen LogP contribution < -0.4 is 5.32 Å². The fourth-order valence-electron chi connectivity index (χ4n) is 2.74. The molecule has 1 aromatic carbocycles. The lowest BCUT2D eigenvalue weighted by Gasteiger charge is -2.08. The molecule has 0 fully saturated rings. The fourth-order valence-corrected chi connectivity index (χ4v) is 3.89. The molecule has 22 heavy (non-hydrogen) atoms. The number of aryl methyl sites for hydroxylation is 2. The van der Waals surface area contributed by atoms with Gasteiger partial charge in [-0.3, -0.25) is 14.9 Å². The first-order valence-corrected chi connectivity index (χ1v) is 8.05. The van der Waals surface area contributed by atoms with Crippen molar-refractivity contribution in [2.24, 2.45) is 0 Å². The Hall–Kier alpha value is -2.21. The molecule has 1 amide bonds. The Kier molecular flexibility index (Phi) is 3.94. The number of amides is 1. The molecule has 1 aromatic heterocycles. The van der Waals surface area contributed by atoms with Crippen molar-refractivity contribution in [3.8, 4) is 0 Å². The highest BCUT2D eigenvalue weighted by atomic mass is 32.1. The Bertz CT molecular complexity index is 728. The van der Waals surface area contributed by atoms with E-state index in [1.807, 2.05) is 6.07 Å². The number of carbonyl (C=O) groups excluding carboxylic acids is 1. The van der Waals surface area contributed by atoms with Gasteiger partial charge in [0.15, 0.2) is 0 Å². The van der Waals surface area contributed by atoms with Gasteiger partial charge < -0.3 is 5.32 Å². The number of thiophene rings is 1. The van der Waals surface area contributed by atoms with Crippen LogP contribution in [0.3, 0.4) is 0 Å². The third kappa shape index (κ3) is 2.74. The van der Waals surface area contributed by atoms with Crippen LogP contribution in [0.5, 0.6) is 0 Å². The lowest BCUT2D eigenvalue weighted by molar-refractivity contribution is -0.385. The predicted molar refractivity (Wildman–Crippen MR) is 86.7 cm³/mol. The third-order valence-corrected chi connectivity index (χ3v) is 5.21. The smallest absolute Gasteiger partial charge is 0.274 e. The maximum Gasteiger partial charge on any atom is 0.274 e. The molecule has 5 nitrogen and oxygen atoms in total. The van der Waals surface area contributed by atoms with E-state index in [2.05, 4.69) is 5.32 Å². The van der Waals surface area contributed by atoms with Crippen molar-refractivity contribution in [2.45, 2.75) is 32.6 Å². The number of carbonyl (C=O) groups is 1. The first-order valence-electron chi connectivity index (χ1n) is 7.23. The van der Waals surface area contributed by atoms with Gasteiger partial charge in [0.05, 0.1) is 21.1 Å². The van der Waals surface area contributed by atoms with E-state index >= 15 is 0 Å². The van der Waals surface area contributed by atoms with Gasteiger partial charge >= 0.3 is 0 Å². The van der Waals surface area contributed by atoms with Gasteiger partial charge in [-0.05, 0) is 50.3 Å². The predicted octanol–water partition coefficient (Wildman–Crippen LogP) is 4.10. The van der Waals surface area contributed by atoms with E-state index in [1.54, 1.807) is 19.1 Å². The van der Waals surface area contributed by atoms with E-state index in [0.29, 0.717) is 16.1 Å². The van der Waals surface area contributed by atoms with E-state index in [4.69, 9.17) is 0 Å². The second-order valence-electron chi connectivity index (χ2n) is 5.43. The summed E-state index contributed by atoms with van der Waals surface area (Å²) in [6, 6.07) is 6.67. The van der Waals surface area contributed by atoms with Crippen molar-refractivity contribution in [1.82, 2.24) is 0 Å². The van der Waals surface area contributed by atoms with Gasteiger partial charge in [0.25, 0.3) is 11.6 Å². The third-order valence-electron chi connectivity index (χ3n) is 3.97. The Balaban J connectivity index is 1.84. The highest BCUT2D eigenvalue weighted by Gasteiger charge is 2.19. The van der Waals surface area contributed by atoms with Gasteiger partial charge in [-0.25, -0.2) is 0 Å². The van der Waals surface area contributed by atoms with E-state index in [-0.39, 0.29) is 11.6 Å². The summed E-state index contributed by atoms with van der Waals surface area (Å²) in [7, 11) is 0. The van der Waals surface area contributed by atoms with Crippen LogP contribution in [0, 0.1) is 17.0 Å². The number of nitrogens with zero attached hydrogens (tertiary/aromatic N) is 1. The zero-order valence-electron chi connectivity index (χ0n) is 12.2. The lowest BCUT2D eigenvalue weighted by Crippen LogP contribution is -2.11. The summed E-state index contributed by atoms with van der Waals surface area (Å²) in [5, 5.41) is 13.8. The zero-order chi connectivity index (χ0) is 15.7. The summed E-state index contributed by atoms with van der Waals surface area (Å²) in [6.07, 6.45) is 4.44. The first kappa shape index (κ1) is 14.7. The molecule has 1 N–H and O–H groups in total. The Morgan fingerprint density at radius 2 is 2.09 bits per heavy atom. The number of rotatable bonds is 3. The standard InChI is InChI=1S/C16H16N2O3S/c1-10-12(6-4-7-13(10)18(20)21)17-16(19)15-9-11-5-2-3-8-14(11)22-15/h4,6-7,9H,2-3,5,8H2,1H3,(H,17,19). The second kappa shape index (κ2) is 5.88. The molecule has 1 aliphatic rings. The fraction of sp³-hybridized carbons (Fsp3) is 0.312. The number of nitrogens with one attached hydrogen (secondary N) is 1. The molecule has 0 atom stereocenters.